The van der Waals surface area contributed by atoms with Crippen LogP contribution in [0.5, 0.6) is 0 Å². The Morgan fingerprint density at radius 2 is 2.07 bits per heavy atom. The van der Waals surface area contributed by atoms with Gasteiger partial charge in [0.2, 0.25) is 5.91 Å². The molecule has 27 heavy (non-hydrogen) atoms. The maximum absolute atomic E-state index is 13.2. The van der Waals surface area contributed by atoms with Crippen molar-refractivity contribution < 1.29 is 9.32 Å². The third kappa shape index (κ3) is 3.31. The predicted molar refractivity (Wildman–Crippen MR) is 97.7 cm³/mol. The summed E-state index contributed by atoms with van der Waals surface area (Å²) < 4.78 is 6.65. The number of fused-ring (bicyclic) bond motifs is 1. The van der Waals surface area contributed by atoms with Gasteiger partial charge >= 0.3 is 0 Å². The number of nitrogens with zero attached hydrogens (tertiary/aromatic N) is 4. The highest BCUT2D eigenvalue weighted by molar-refractivity contribution is 5.80. The van der Waals surface area contributed by atoms with Crippen molar-refractivity contribution in [2.75, 3.05) is 0 Å². The van der Waals surface area contributed by atoms with Gasteiger partial charge < -0.3 is 10.3 Å². The zero-order chi connectivity index (χ0) is 19.6. The molecule has 2 atom stereocenters. The van der Waals surface area contributed by atoms with Crippen LogP contribution in [0.25, 0.3) is 11.1 Å². The van der Waals surface area contributed by atoms with Gasteiger partial charge in [0.25, 0.3) is 11.3 Å². The predicted octanol–water partition coefficient (Wildman–Crippen LogP) is 1.86. The molecule has 3 aromatic rings. The number of amides is 1. The van der Waals surface area contributed by atoms with Gasteiger partial charge in [0.1, 0.15) is 17.1 Å². The number of aromatic nitrogens is 3. The zero-order valence-electron chi connectivity index (χ0n) is 15.0. The molecule has 8 nitrogen and oxygen atoms in total. The van der Waals surface area contributed by atoms with E-state index in [0.29, 0.717) is 17.9 Å². The molecule has 3 rings (SSSR count). The van der Waals surface area contributed by atoms with Crippen molar-refractivity contribution >= 4 is 17.0 Å². The number of aryl methyl sites for hydroxylation is 1. The van der Waals surface area contributed by atoms with Crippen LogP contribution in [-0.2, 0) is 11.3 Å². The normalized spacial score (nSPS) is 13.2. The quantitative estimate of drug-likeness (QED) is 0.710. The van der Waals surface area contributed by atoms with E-state index in [0.717, 1.165) is 5.56 Å². The number of benzene rings is 1. The number of hydrogen-bond donors (Lipinski definition) is 1. The molecular formula is C19H19N5O3. The van der Waals surface area contributed by atoms with Crippen LogP contribution in [0, 0.1) is 24.2 Å². The first-order valence-electron chi connectivity index (χ1n) is 8.57. The number of nitrogens with two attached hydrogens (primary N) is 1. The van der Waals surface area contributed by atoms with Gasteiger partial charge in [0.05, 0.1) is 18.3 Å². The lowest BCUT2D eigenvalue weighted by Gasteiger charge is -2.21. The number of rotatable bonds is 6. The lowest BCUT2D eigenvalue weighted by molar-refractivity contribution is -0.120. The second kappa shape index (κ2) is 7.41. The smallest absolute Gasteiger partial charge is 0.267 e. The maximum atomic E-state index is 13.2. The standard InChI is InChI=1S/C19H19N5O3/c1-3-13(14(9-20)16(21)25)17-22-18-15(11(2)23-27-18)19(26)24(17)10-12-7-5-4-6-8-12/h4-8,13-14H,3,10H2,1-2H3,(H2,21,25). The van der Waals surface area contributed by atoms with Crippen molar-refractivity contribution in [1.82, 2.24) is 14.7 Å². The van der Waals surface area contributed by atoms with Gasteiger partial charge in [0, 0.05) is 5.92 Å². The summed E-state index contributed by atoms with van der Waals surface area (Å²) in [5.41, 5.74) is 6.51. The lowest BCUT2D eigenvalue weighted by atomic mass is 9.89. The van der Waals surface area contributed by atoms with E-state index in [9.17, 15) is 14.9 Å². The monoisotopic (exact) mass is 365 g/mol. The summed E-state index contributed by atoms with van der Waals surface area (Å²) in [6, 6.07) is 11.3. The fourth-order valence-corrected chi connectivity index (χ4v) is 3.20. The molecule has 0 fully saturated rings. The van der Waals surface area contributed by atoms with Crippen LogP contribution in [0.1, 0.15) is 36.3 Å². The van der Waals surface area contributed by atoms with Gasteiger partial charge in [0.15, 0.2) is 0 Å². The number of hydrogen-bond acceptors (Lipinski definition) is 6. The van der Waals surface area contributed by atoms with Gasteiger partial charge in [-0.05, 0) is 18.9 Å². The van der Waals surface area contributed by atoms with Gasteiger partial charge in [-0.15, -0.1) is 0 Å². The molecule has 0 saturated carbocycles. The summed E-state index contributed by atoms with van der Waals surface area (Å²) in [5.74, 6) is -2.21. The van der Waals surface area contributed by atoms with Crippen molar-refractivity contribution in [1.29, 1.82) is 5.26 Å². The Morgan fingerprint density at radius 3 is 2.67 bits per heavy atom. The molecule has 2 unspecified atom stereocenters. The van der Waals surface area contributed by atoms with E-state index in [4.69, 9.17) is 10.3 Å². The van der Waals surface area contributed by atoms with Gasteiger partial charge in [-0.25, -0.2) is 0 Å². The highest BCUT2D eigenvalue weighted by Crippen LogP contribution is 2.28. The maximum Gasteiger partial charge on any atom is 0.267 e. The Morgan fingerprint density at radius 1 is 1.37 bits per heavy atom. The second-order valence-electron chi connectivity index (χ2n) is 6.32. The molecule has 0 saturated heterocycles. The third-order valence-electron chi connectivity index (χ3n) is 4.60. The summed E-state index contributed by atoms with van der Waals surface area (Å²) in [6.45, 7) is 3.73. The molecule has 2 heterocycles. The number of primary amides is 1. The minimum Gasteiger partial charge on any atom is -0.369 e. The van der Waals surface area contributed by atoms with E-state index in [-0.39, 0.29) is 23.2 Å². The van der Waals surface area contributed by atoms with Crippen LogP contribution in [0.3, 0.4) is 0 Å². The molecule has 0 spiro atoms. The average Bonchev–Trinajstić information content (AvgIpc) is 3.03. The lowest BCUT2D eigenvalue weighted by Crippen LogP contribution is -2.33. The summed E-state index contributed by atoms with van der Waals surface area (Å²) in [5, 5.41) is 13.5. The SMILES string of the molecule is CCC(c1nc2onc(C)c2c(=O)n1Cc1ccccc1)C(C#N)C(N)=O. The Balaban J connectivity index is 2.26. The topological polar surface area (TPSA) is 128 Å². The molecule has 0 aliphatic rings. The Bertz CT molecular complexity index is 1080. The summed E-state index contributed by atoms with van der Waals surface area (Å²) in [6.07, 6.45) is 0.404. The fraction of sp³-hybridized carbons (Fsp3) is 0.316. The van der Waals surface area contributed by atoms with E-state index >= 15 is 0 Å². The number of carbonyl (C=O) groups is 1. The molecule has 0 aliphatic heterocycles. The van der Waals surface area contributed by atoms with Gasteiger partial charge in [-0.2, -0.15) is 10.2 Å². The zero-order valence-corrected chi connectivity index (χ0v) is 15.0. The summed E-state index contributed by atoms with van der Waals surface area (Å²) in [7, 11) is 0. The van der Waals surface area contributed by atoms with Crippen molar-refractivity contribution in [2.24, 2.45) is 11.7 Å². The molecule has 8 heteroatoms. The highest BCUT2D eigenvalue weighted by Gasteiger charge is 2.32. The Labute approximate surface area is 155 Å². The van der Waals surface area contributed by atoms with Crippen molar-refractivity contribution in [3.8, 4) is 6.07 Å². The van der Waals surface area contributed by atoms with Crippen molar-refractivity contribution in [3.63, 3.8) is 0 Å². The summed E-state index contributed by atoms with van der Waals surface area (Å²) >= 11 is 0. The van der Waals surface area contributed by atoms with Crippen molar-refractivity contribution in [3.05, 3.63) is 57.8 Å². The summed E-state index contributed by atoms with van der Waals surface area (Å²) in [4.78, 5) is 29.4. The molecule has 0 aliphatic carbocycles. The molecule has 2 N–H and O–H groups in total. The van der Waals surface area contributed by atoms with E-state index in [1.165, 1.54) is 4.57 Å². The first kappa shape index (κ1) is 18.3. The minimum absolute atomic E-state index is 0.0939. The van der Waals surface area contributed by atoms with Crippen LogP contribution in [0.2, 0.25) is 0 Å². The largest absolute Gasteiger partial charge is 0.369 e. The van der Waals surface area contributed by atoms with Crippen LogP contribution < -0.4 is 11.3 Å². The molecule has 1 amide bonds. The average molecular weight is 365 g/mol. The molecular weight excluding hydrogens is 346 g/mol. The van der Waals surface area contributed by atoms with E-state index < -0.39 is 17.7 Å². The van der Waals surface area contributed by atoms with E-state index in [1.807, 2.05) is 43.3 Å². The first-order chi connectivity index (χ1) is 13.0. The van der Waals surface area contributed by atoms with E-state index in [1.54, 1.807) is 6.92 Å². The Kier molecular flexibility index (Phi) is 5.03. The van der Waals surface area contributed by atoms with Crippen LogP contribution in [0.4, 0.5) is 0 Å². The Hall–Kier alpha value is -3.47. The van der Waals surface area contributed by atoms with Gasteiger partial charge in [-0.3, -0.25) is 14.2 Å². The second-order valence-corrected chi connectivity index (χ2v) is 6.32. The van der Waals surface area contributed by atoms with Gasteiger partial charge in [-0.1, -0.05) is 42.4 Å². The molecule has 1 aromatic carbocycles. The number of carbonyl (C=O) groups excluding carboxylic acids is 1. The molecule has 2 aromatic heterocycles. The molecule has 0 bridgehead atoms. The fourth-order valence-electron chi connectivity index (χ4n) is 3.20. The third-order valence-corrected chi connectivity index (χ3v) is 4.60. The molecule has 138 valence electrons. The minimum atomic E-state index is -1.11. The first-order valence-corrected chi connectivity index (χ1v) is 8.57. The highest BCUT2D eigenvalue weighted by atomic mass is 16.5. The number of nitriles is 1. The van der Waals surface area contributed by atoms with Crippen molar-refractivity contribution in [2.45, 2.75) is 32.7 Å². The van der Waals surface area contributed by atoms with E-state index in [2.05, 4.69) is 10.1 Å². The van der Waals surface area contributed by atoms with Crippen LogP contribution in [0.15, 0.2) is 39.6 Å². The molecule has 0 radical (unpaired) electrons. The van der Waals surface area contributed by atoms with Crippen LogP contribution in [-0.4, -0.2) is 20.6 Å². The van der Waals surface area contributed by atoms with Crippen LogP contribution >= 0.6 is 0 Å².